The van der Waals surface area contributed by atoms with E-state index in [-0.39, 0.29) is 35.5 Å². The third-order valence-electron chi connectivity index (χ3n) is 8.73. The van der Waals surface area contributed by atoms with Gasteiger partial charge >= 0.3 is 0 Å². The van der Waals surface area contributed by atoms with Crippen molar-refractivity contribution in [3.63, 3.8) is 0 Å². The monoisotopic (exact) mass is 493 g/mol. The maximum atomic E-state index is 13.1. The zero-order valence-corrected chi connectivity index (χ0v) is 21.4. The average molecular weight is 494 g/mol. The number of aromatic nitrogens is 1. The van der Waals surface area contributed by atoms with Crippen LogP contribution in [-0.2, 0) is 29.5 Å². The van der Waals surface area contributed by atoms with Crippen LogP contribution in [0.25, 0.3) is 0 Å². The summed E-state index contributed by atoms with van der Waals surface area (Å²) in [7, 11) is 2.02. The second kappa shape index (κ2) is 8.56. The van der Waals surface area contributed by atoms with Gasteiger partial charge in [0.2, 0.25) is 0 Å². The van der Waals surface area contributed by atoms with Gasteiger partial charge in [0.1, 0.15) is 11.3 Å². The van der Waals surface area contributed by atoms with E-state index in [0.717, 1.165) is 23.2 Å². The fourth-order valence-electron chi connectivity index (χ4n) is 6.86. The Labute approximate surface area is 210 Å². The van der Waals surface area contributed by atoms with E-state index in [1.807, 2.05) is 27.0 Å². The van der Waals surface area contributed by atoms with Crippen molar-refractivity contribution in [3.05, 3.63) is 62.6 Å². The summed E-state index contributed by atoms with van der Waals surface area (Å²) >= 11 is 0. The highest BCUT2D eigenvalue weighted by atomic mass is 16.3. The Morgan fingerprint density at radius 3 is 2.67 bits per heavy atom. The molecule has 5 rings (SSSR count). The van der Waals surface area contributed by atoms with E-state index < -0.39 is 28.5 Å². The quantitative estimate of drug-likeness (QED) is 0.504. The number of carbonyl (C=O) groups is 2. The van der Waals surface area contributed by atoms with Crippen molar-refractivity contribution < 1.29 is 19.8 Å². The van der Waals surface area contributed by atoms with Crippen molar-refractivity contribution in [2.24, 2.45) is 5.92 Å². The van der Waals surface area contributed by atoms with E-state index in [1.54, 1.807) is 18.2 Å². The molecule has 2 aliphatic carbocycles. The number of pyridine rings is 1. The largest absolute Gasteiger partial charge is 0.508 e. The normalized spacial score (nSPS) is 27.6. The predicted molar refractivity (Wildman–Crippen MR) is 135 cm³/mol. The zero-order chi connectivity index (χ0) is 26.0. The van der Waals surface area contributed by atoms with Crippen LogP contribution in [0.3, 0.4) is 0 Å². The van der Waals surface area contributed by atoms with Gasteiger partial charge in [-0.1, -0.05) is 19.9 Å². The van der Waals surface area contributed by atoms with Gasteiger partial charge in [-0.25, -0.2) is 0 Å². The van der Waals surface area contributed by atoms with Gasteiger partial charge in [-0.2, -0.15) is 0 Å². The van der Waals surface area contributed by atoms with E-state index in [9.17, 15) is 24.6 Å². The molecule has 1 aromatic carbocycles. The van der Waals surface area contributed by atoms with Crippen LogP contribution in [0, 0.1) is 5.92 Å². The highest BCUT2D eigenvalue weighted by Gasteiger charge is 2.64. The highest BCUT2D eigenvalue weighted by Crippen LogP contribution is 2.56. The van der Waals surface area contributed by atoms with Crippen LogP contribution in [0.15, 0.2) is 29.1 Å². The first-order valence-corrected chi connectivity index (χ1v) is 12.8. The summed E-state index contributed by atoms with van der Waals surface area (Å²) in [6, 6.07) is 6.20. The maximum Gasteiger partial charge on any atom is 0.261 e. The second-order valence-corrected chi connectivity index (χ2v) is 11.4. The number of nitrogens with one attached hydrogen (secondary N) is 2. The first-order chi connectivity index (χ1) is 16.9. The molecule has 36 heavy (non-hydrogen) atoms. The van der Waals surface area contributed by atoms with E-state index in [2.05, 4.69) is 15.2 Å². The Kier molecular flexibility index (Phi) is 5.87. The molecule has 8 nitrogen and oxygen atoms in total. The molecule has 2 heterocycles. The van der Waals surface area contributed by atoms with E-state index in [4.69, 9.17) is 0 Å². The lowest BCUT2D eigenvalue weighted by atomic mass is 9.49. The minimum atomic E-state index is -1.13. The molecule has 4 N–H and O–H groups in total. The summed E-state index contributed by atoms with van der Waals surface area (Å²) in [6.07, 6.45) is 2.54. The number of aromatic hydroxyl groups is 1. The first-order valence-electron chi connectivity index (χ1n) is 12.8. The molecule has 0 spiro atoms. The van der Waals surface area contributed by atoms with Crippen molar-refractivity contribution in [2.45, 2.75) is 76.0 Å². The number of hydrogen-bond acceptors (Lipinski definition) is 6. The van der Waals surface area contributed by atoms with Gasteiger partial charge in [-0.05, 0) is 80.6 Å². The number of amides is 1. The number of phenols is 1. The summed E-state index contributed by atoms with van der Waals surface area (Å²) in [5.74, 6) is -0.363. The van der Waals surface area contributed by atoms with Crippen molar-refractivity contribution in [1.29, 1.82) is 0 Å². The van der Waals surface area contributed by atoms with Gasteiger partial charge in [0.25, 0.3) is 11.5 Å². The van der Waals surface area contributed by atoms with Crippen LogP contribution in [0.1, 0.15) is 66.4 Å². The number of aliphatic hydroxyl groups is 1. The molecule has 0 unspecified atom stereocenters. The Morgan fingerprint density at radius 2 is 1.97 bits per heavy atom. The molecule has 3 aliphatic rings. The summed E-state index contributed by atoms with van der Waals surface area (Å²) in [4.78, 5) is 43.3. The molecule has 1 amide bonds. The molecule has 2 aromatic rings. The number of likely N-dealkylation sites (N-methyl/N-ethyl adjacent to an activating group) is 1. The Balaban J connectivity index is 1.56. The zero-order valence-electron chi connectivity index (χ0n) is 21.4. The van der Waals surface area contributed by atoms with Gasteiger partial charge in [-0.3, -0.25) is 14.4 Å². The number of benzene rings is 1. The van der Waals surface area contributed by atoms with Crippen LogP contribution in [0.4, 0.5) is 0 Å². The lowest BCUT2D eigenvalue weighted by Gasteiger charge is -2.63. The molecule has 1 fully saturated rings. The topological polar surface area (TPSA) is 123 Å². The van der Waals surface area contributed by atoms with Crippen LogP contribution >= 0.6 is 0 Å². The summed E-state index contributed by atoms with van der Waals surface area (Å²) in [5, 5.41) is 25.4. The van der Waals surface area contributed by atoms with Crippen molar-refractivity contribution in [3.8, 4) is 5.75 Å². The summed E-state index contributed by atoms with van der Waals surface area (Å²) < 4.78 is 0. The van der Waals surface area contributed by atoms with Crippen LogP contribution < -0.4 is 10.9 Å². The molecule has 1 aliphatic heterocycles. The number of phenolic OH excluding ortho intramolecular Hbond substituents is 1. The molecule has 1 saturated heterocycles. The lowest BCUT2D eigenvalue weighted by molar-refractivity contribution is -0.145. The number of piperidine rings is 1. The highest BCUT2D eigenvalue weighted by molar-refractivity contribution is 5.97. The molecule has 192 valence electrons. The van der Waals surface area contributed by atoms with Crippen LogP contribution in [0.2, 0.25) is 0 Å². The number of ketones is 1. The van der Waals surface area contributed by atoms with Crippen LogP contribution in [0.5, 0.6) is 5.75 Å². The van der Waals surface area contributed by atoms with Gasteiger partial charge < -0.3 is 25.4 Å². The molecule has 1 aromatic heterocycles. The predicted octanol–water partition coefficient (Wildman–Crippen LogP) is 1.84. The van der Waals surface area contributed by atoms with Gasteiger partial charge in [-0.15, -0.1) is 0 Å². The number of H-pyrrole nitrogens is 1. The van der Waals surface area contributed by atoms with E-state index in [0.29, 0.717) is 31.4 Å². The number of nitrogens with zero attached hydrogens (tertiary/aromatic N) is 1. The molecule has 8 heteroatoms. The second-order valence-electron chi connectivity index (χ2n) is 11.4. The lowest BCUT2D eigenvalue weighted by Crippen LogP contribution is -2.73. The number of aromatic amines is 1. The Bertz CT molecular complexity index is 1300. The van der Waals surface area contributed by atoms with Crippen LogP contribution in [-0.4, -0.2) is 63.1 Å². The number of likely N-dealkylation sites (tertiary alicyclic amines) is 1. The number of rotatable bonds is 5. The third-order valence-corrected chi connectivity index (χ3v) is 8.73. The molecular weight excluding hydrogens is 458 g/mol. The minimum absolute atomic E-state index is 0.0457. The fourth-order valence-corrected chi connectivity index (χ4v) is 6.86. The SMILES string of the molecule is CC(=O)[C@H](CC(C)C)NC(=O)c1cc2c([nH]c1=O)C[C@]13CCN(C)[C@H](Cc4ccc(O)cc41)[C@]3(O)C2. The molecule has 4 atom stereocenters. The fraction of sp³-hybridized carbons (Fsp3) is 0.536. The summed E-state index contributed by atoms with van der Waals surface area (Å²) in [5.41, 5.74) is 1.19. The number of carbonyl (C=O) groups excluding carboxylic acids is 2. The van der Waals surface area contributed by atoms with Crippen molar-refractivity contribution in [1.82, 2.24) is 15.2 Å². The average Bonchev–Trinajstić information content (AvgIpc) is 2.79. The van der Waals surface area contributed by atoms with E-state index in [1.165, 1.54) is 6.92 Å². The maximum absolute atomic E-state index is 13.1. The number of Topliss-reactive ketones (excluding diaryl/α,β-unsaturated/α-hetero) is 1. The minimum Gasteiger partial charge on any atom is -0.508 e. The molecular formula is C28H35N3O5. The summed E-state index contributed by atoms with van der Waals surface area (Å²) in [6.45, 7) is 6.18. The molecule has 0 saturated carbocycles. The number of fused-ring (bicyclic) bond motifs is 2. The third kappa shape index (κ3) is 3.69. The van der Waals surface area contributed by atoms with Crippen molar-refractivity contribution >= 4 is 11.7 Å². The van der Waals surface area contributed by atoms with Crippen molar-refractivity contribution in [2.75, 3.05) is 13.6 Å². The first kappa shape index (κ1) is 24.7. The number of hydrogen-bond donors (Lipinski definition) is 4. The molecule has 2 bridgehead atoms. The standard InChI is InChI=1S/C28H35N3O5/c1-15(2)9-22(16(3)32)29-25(34)20-10-18-13-28(36)24-11-17-5-6-19(33)12-21(17)27(28,7-8-31(24)4)14-23(18)30-26(20)35/h5-6,10,12,15,22,24,33,36H,7-9,11,13-14H2,1-4H3,(H,29,34)(H,30,35)/t22-,24+,27+,28+/m0/s1. The van der Waals surface area contributed by atoms with E-state index >= 15 is 0 Å². The van der Waals surface area contributed by atoms with Gasteiger partial charge in [0.15, 0.2) is 5.78 Å². The molecule has 0 radical (unpaired) electrons. The van der Waals surface area contributed by atoms with Gasteiger partial charge in [0.05, 0.1) is 11.6 Å². The Hall–Kier alpha value is -2.97. The van der Waals surface area contributed by atoms with Gasteiger partial charge in [0, 0.05) is 30.0 Å². The Morgan fingerprint density at radius 1 is 1.22 bits per heavy atom. The smallest absolute Gasteiger partial charge is 0.261 e.